The van der Waals surface area contributed by atoms with Gasteiger partial charge in [0.25, 0.3) is 0 Å². The number of aromatic amines is 1. The molecule has 102 valence electrons. The fourth-order valence-electron chi connectivity index (χ4n) is 1.68. The van der Waals surface area contributed by atoms with Crippen LogP contribution in [0.5, 0.6) is 0 Å². The van der Waals surface area contributed by atoms with Crippen LogP contribution in [0.2, 0.25) is 0 Å². The number of aryl methyl sites for hydroxylation is 1. The zero-order valence-corrected chi connectivity index (χ0v) is 11.4. The number of nitrogens with one attached hydrogen (secondary N) is 2. The second kappa shape index (κ2) is 5.25. The van der Waals surface area contributed by atoms with E-state index < -0.39 is 0 Å². The standard InChI is InChI=1S/C12H11N5O2S/c1-7-9(6-13-15-7)11-16-17-12(20-11)14-10(18)5-8-3-2-4-19-8/h2-4,6H,5H2,1H3,(H,13,15)(H,14,17,18). The SMILES string of the molecule is Cc1[nH]ncc1-c1nnc(NC(=O)Cc2ccco2)s1. The highest BCUT2D eigenvalue weighted by Gasteiger charge is 2.13. The van der Waals surface area contributed by atoms with E-state index in [4.69, 9.17) is 4.42 Å². The molecule has 0 aliphatic rings. The number of H-pyrrole nitrogens is 1. The van der Waals surface area contributed by atoms with Crippen molar-refractivity contribution in [3.05, 3.63) is 36.0 Å². The molecule has 0 aromatic carbocycles. The molecule has 3 rings (SSSR count). The van der Waals surface area contributed by atoms with Gasteiger partial charge in [0.05, 0.1) is 24.4 Å². The lowest BCUT2D eigenvalue weighted by Gasteiger charge is -1.97. The summed E-state index contributed by atoms with van der Waals surface area (Å²) in [7, 11) is 0. The van der Waals surface area contributed by atoms with Crippen molar-refractivity contribution in [2.24, 2.45) is 0 Å². The molecule has 0 saturated carbocycles. The van der Waals surface area contributed by atoms with Crippen molar-refractivity contribution in [1.82, 2.24) is 20.4 Å². The first kappa shape index (κ1) is 12.5. The molecule has 0 fully saturated rings. The molecule has 0 saturated heterocycles. The summed E-state index contributed by atoms with van der Waals surface area (Å²) in [5, 5.41) is 18.6. The molecule has 0 spiro atoms. The van der Waals surface area contributed by atoms with E-state index in [2.05, 4.69) is 25.7 Å². The van der Waals surface area contributed by atoms with Crippen molar-refractivity contribution in [2.75, 3.05) is 5.32 Å². The van der Waals surface area contributed by atoms with Gasteiger partial charge in [-0.2, -0.15) is 5.10 Å². The van der Waals surface area contributed by atoms with Gasteiger partial charge >= 0.3 is 0 Å². The van der Waals surface area contributed by atoms with E-state index in [1.165, 1.54) is 17.6 Å². The summed E-state index contributed by atoms with van der Waals surface area (Å²) in [6, 6.07) is 3.49. The van der Waals surface area contributed by atoms with Crippen molar-refractivity contribution in [3.8, 4) is 10.6 Å². The number of hydrogen-bond donors (Lipinski definition) is 2. The van der Waals surface area contributed by atoms with Crippen LogP contribution in [0.15, 0.2) is 29.0 Å². The monoisotopic (exact) mass is 289 g/mol. The number of carbonyl (C=O) groups excluding carboxylic acids is 1. The first-order valence-corrected chi connectivity index (χ1v) is 6.70. The molecular weight excluding hydrogens is 278 g/mol. The molecule has 3 aromatic heterocycles. The number of amides is 1. The molecule has 0 aliphatic heterocycles. The predicted molar refractivity (Wildman–Crippen MR) is 73.3 cm³/mol. The van der Waals surface area contributed by atoms with Crippen LogP contribution < -0.4 is 5.32 Å². The van der Waals surface area contributed by atoms with Crippen LogP contribution in [-0.2, 0) is 11.2 Å². The first-order valence-electron chi connectivity index (χ1n) is 5.88. The summed E-state index contributed by atoms with van der Waals surface area (Å²) >= 11 is 1.30. The van der Waals surface area contributed by atoms with Crippen LogP contribution in [-0.4, -0.2) is 26.3 Å². The van der Waals surface area contributed by atoms with Crippen molar-refractivity contribution < 1.29 is 9.21 Å². The van der Waals surface area contributed by atoms with E-state index in [0.29, 0.717) is 15.9 Å². The van der Waals surface area contributed by atoms with Crippen molar-refractivity contribution in [1.29, 1.82) is 0 Å². The third-order valence-electron chi connectivity index (χ3n) is 2.65. The molecule has 2 N–H and O–H groups in total. The highest BCUT2D eigenvalue weighted by Crippen LogP contribution is 2.27. The number of nitrogens with zero attached hydrogens (tertiary/aromatic N) is 3. The van der Waals surface area contributed by atoms with Gasteiger partial charge in [-0.3, -0.25) is 9.89 Å². The Morgan fingerprint density at radius 1 is 1.50 bits per heavy atom. The number of carbonyl (C=O) groups is 1. The Kier molecular flexibility index (Phi) is 3.30. The lowest BCUT2D eigenvalue weighted by atomic mass is 10.3. The summed E-state index contributed by atoms with van der Waals surface area (Å²) in [5.74, 6) is 0.421. The lowest BCUT2D eigenvalue weighted by molar-refractivity contribution is -0.115. The van der Waals surface area contributed by atoms with E-state index in [1.54, 1.807) is 18.3 Å². The van der Waals surface area contributed by atoms with E-state index in [-0.39, 0.29) is 12.3 Å². The molecule has 8 heteroatoms. The quantitative estimate of drug-likeness (QED) is 0.765. The van der Waals surface area contributed by atoms with Crippen LogP contribution in [0.25, 0.3) is 10.6 Å². The second-order valence-corrected chi connectivity index (χ2v) is 5.10. The molecule has 7 nitrogen and oxygen atoms in total. The number of rotatable bonds is 4. The Morgan fingerprint density at radius 2 is 2.40 bits per heavy atom. The lowest BCUT2D eigenvalue weighted by Crippen LogP contribution is -2.13. The van der Waals surface area contributed by atoms with Gasteiger partial charge in [0, 0.05) is 5.69 Å². The molecule has 3 aromatic rings. The smallest absolute Gasteiger partial charge is 0.233 e. The maximum absolute atomic E-state index is 11.8. The Bertz CT molecular complexity index is 716. The fourth-order valence-corrected chi connectivity index (χ4v) is 2.51. The highest BCUT2D eigenvalue weighted by atomic mass is 32.1. The van der Waals surface area contributed by atoms with Gasteiger partial charge in [-0.1, -0.05) is 11.3 Å². The Balaban J connectivity index is 1.68. The third kappa shape index (κ3) is 2.59. The molecule has 0 radical (unpaired) electrons. The normalized spacial score (nSPS) is 10.7. The van der Waals surface area contributed by atoms with Gasteiger partial charge in [0.2, 0.25) is 11.0 Å². The topological polar surface area (TPSA) is 96.7 Å². The van der Waals surface area contributed by atoms with E-state index in [0.717, 1.165) is 11.3 Å². The number of anilines is 1. The van der Waals surface area contributed by atoms with Crippen LogP contribution >= 0.6 is 11.3 Å². The summed E-state index contributed by atoms with van der Waals surface area (Å²) in [4.78, 5) is 11.8. The molecule has 20 heavy (non-hydrogen) atoms. The summed E-state index contributed by atoms with van der Waals surface area (Å²) in [6.07, 6.45) is 3.39. The average Bonchev–Trinajstić information content (AvgIpc) is 3.11. The minimum atomic E-state index is -0.188. The number of furan rings is 1. The molecule has 0 unspecified atom stereocenters. The molecule has 1 amide bonds. The minimum absolute atomic E-state index is 0.173. The molecule has 0 aliphatic carbocycles. The van der Waals surface area contributed by atoms with Gasteiger partial charge in [-0.15, -0.1) is 10.2 Å². The number of aromatic nitrogens is 4. The van der Waals surface area contributed by atoms with Crippen LogP contribution in [0, 0.1) is 6.92 Å². The largest absolute Gasteiger partial charge is 0.469 e. The van der Waals surface area contributed by atoms with E-state index >= 15 is 0 Å². The molecular formula is C12H11N5O2S. The van der Waals surface area contributed by atoms with Gasteiger partial charge < -0.3 is 9.73 Å². The van der Waals surface area contributed by atoms with E-state index in [1.807, 2.05) is 6.92 Å². The maximum Gasteiger partial charge on any atom is 0.233 e. The Hall–Kier alpha value is -2.48. The van der Waals surface area contributed by atoms with Gasteiger partial charge in [0.1, 0.15) is 5.76 Å². The van der Waals surface area contributed by atoms with E-state index in [9.17, 15) is 4.79 Å². The van der Waals surface area contributed by atoms with Crippen molar-refractivity contribution in [3.63, 3.8) is 0 Å². The van der Waals surface area contributed by atoms with Gasteiger partial charge in [-0.05, 0) is 19.1 Å². The van der Waals surface area contributed by atoms with Crippen molar-refractivity contribution >= 4 is 22.4 Å². The predicted octanol–water partition coefficient (Wildman–Crippen LogP) is 2.01. The molecule has 3 heterocycles. The van der Waals surface area contributed by atoms with Crippen LogP contribution in [0.4, 0.5) is 5.13 Å². The second-order valence-electron chi connectivity index (χ2n) is 4.13. The fraction of sp³-hybridized carbons (Fsp3) is 0.167. The zero-order chi connectivity index (χ0) is 13.9. The third-order valence-corrected chi connectivity index (χ3v) is 3.52. The summed E-state index contributed by atoms with van der Waals surface area (Å²) in [5.41, 5.74) is 1.80. The zero-order valence-electron chi connectivity index (χ0n) is 10.6. The van der Waals surface area contributed by atoms with Gasteiger partial charge in [-0.25, -0.2) is 0 Å². The Morgan fingerprint density at radius 3 is 3.10 bits per heavy atom. The summed E-state index contributed by atoms with van der Waals surface area (Å²) < 4.78 is 5.12. The summed E-state index contributed by atoms with van der Waals surface area (Å²) in [6.45, 7) is 1.90. The van der Waals surface area contributed by atoms with Gasteiger partial charge in [0.15, 0.2) is 5.01 Å². The van der Waals surface area contributed by atoms with Crippen LogP contribution in [0.3, 0.4) is 0 Å². The molecule has 0 atom stereocenters. The number of hydrogen-bond acceptors (Lipinski definition) is 6. The minimum Gasteiger partial charge on any atom is -0.469 e. The highest BCUT2D eigenvalue weighted by molar-refractivity contribution is 7.18. The van der Waals surface area contributed by atoms with Crippen molar-refractivity contribution in [2.45, 2.75) is 13.3 Å². The Labute approximate surface area is 118 Å². The maximum atomic E-state index is 11.8. The average molecular weight is 289 g/mol. The first-order chi connectivity index (χ1) is 9.72. The van der Waals surface area contributed by atoms with Crippen LogP contribution in [0.1, 0.15) is 11.5 Å². The molecule has 0 bridgehead atoms.